The predicted octanol–water partition coefficient (Wildman–Crippen LogP) is 1.21. The first-order valence-electron chi connectivity index (χ1n) is 6.53. The molecule has 2 rings (SSSR count). The molecule has 5 heteroatoms. The lowest BCUT2D eigenvalue weighted by Crippen LogP contribution is -2.46. The van der Waals surface area contributed by atoms with E-state index in [0.717, 1.165) is 12.3 Å². The molecule has 0 bridgehead atoms. The van der Waals surface area contributed by atoms with Crippen molar-refractivity contribution in [1.82, 2.24) is 10.2 Å². The fraction of sp³-hybridized carbons (Fsp3) is 1.00. The van der Waals surface area contributed by atoms with Gasteiger partial charge >= 0.3 is 0 Å². The van der Waals surface area contributed by atoms with Crippen LogP contribution in [-0.2, 0) is 0 Å². The van der Waals surface area contributed by atoms with Crippen molar-refractivity contribution in [2.45, 2.75) is 25.3 Å². The van der Waals surface area contributed by atoms with Gasteiger partial charge in [0.2, 0.25) is 0 Å². The third-order valence-electron chi connectivity index (χ3n) is 3.76. The molecule has 102 valence electrons. The summed E-state index contributed by atoms with van der Waals surface area (Å²) in [7, 11) is 0. The van der Waals surface area contributed by atoms with Gasteiger partial charge in [0.15, 0.2) is 0 Å². The second-order valence-electron chi connectivity index (χ2n) is 4.93. The highest BCUT2D eigenvalue weighted by atomic mass is 35.5. The van der Waals surface area contributed by atoms with E-state index in [-0.39, 0.29) is 12.4 Å². The zero-order valence-corrected chi connectivity index (χ0v) is 12.1. The quantitative estimate of drug-likeness (QED) is 0.811. The van der Waals surface area contributed by atoms with Crippen molar-refractivity contribution in [2.75, 3.05) is 44.3 Å². The Morgan fingerprint density at radius 3 is 2.76 bits per heavy atom. The van der Waals surface area contributed by atoms with Crippen molar-refractivity contribution < 1.29 is 5.11 Å². The van der Waals surface area contributed by atoms with Gasteiger partial charge < -0.3 is 10.4 Å². The van der Waals surface area contributed by atoms with E-state index < -0.39 is 0 Å². The zero-order valence-electron chi connectivity index (χ0n) is 10.4. The molecule has 0 aromatic carbocycles. The molecule has 3 nitrogen and oxygen atoms in total. The molecule has 1 atom stereocenters. The van der Waals surface area contributed by atoms with Crippen LogP contribution < -0.4 is 5.32 Å². The lowest BCUT2D eigenvalue weighted by Gasteiger charge is -2.38. The zero-order chi connectivity index (χ0) is 11.2. The molecule has 2 saturated heterocycles. The second-order valence-corrected chi connectivity index (χ2v) is 6.08. The number of piperidine rings is 1. The number of rotatable bonds is 4. The summed E-state index contributed by atoms with van der Waals surface area (Å²) >= 11 is 2.04. The van der Waals surface area contributed by atoms with Crippen molar-refractivity contribution >= 4 is 24.2 Å². The fourth-order valence-corrected chi connectivity index (χ4v) is 3.92. The van der Waals surface area contributed by atoms with Crippen LogP contribution in [0.1, 0.15) is 19.3 Å². The Labute approximate surface area is 115 Å². The van der Waals surface area contributed by atoms with Crippen LogP contribution in [0.4, 0.5) is 0 Å². The summed E-state index contributed by atoms with van der Waals surface area (Å²) < 4.78 is 0. The Balaban J connectivity index is 0.00000144. The van der Waals surface area contributed by atoms with E-state index in [4.69, 9.17) is 5.11 Å². The number of nitrogens with zero attached hydrogens (tertiary/aromatic N) is 1. The summed E-state index contributed by atoms with van der Waals surface area (Å²) in [5, 5.41) is 12.5. The number of hydrogen-bond acceptors (Lipinski definition) is 4. The molecule has 0 aromatic heterocycles. The summed E-state index contributed by atoms with van der Waals surface area (Å²) in [6.07, 6.45) is 3.61. The minimum atomic E-state index is 0. The molecule has 2 heterocycles. The van der Waals surface area contributed by atoms with E-state index in [0.29, 0.717) is 12.6 Å². The van der Waals surface area contributed by atoms with Gasteiger partial charge in [-0.15, -0.1) is 12.4 Å². The molecule has 2 fully saturated rings. The summed E-state index contributed by atoms with van der Waals surface area (Å²) in [5.74, 6) is 3.36. The number of thioether (sulfide) groups is 1. The van der Waals surface area contributed by atoms with Gasteiger partial charge in [0.05, 0.1) is 0 Å². The van der Waals surface area contributed by atoms with Crippen LogP contribution in [0.15, 0.2) is 0 Å². The molecular formula is C12H25ClN2OS. The summed E-state index contributed by atoms with van der Waals surface area (Å²) in [6, 6.07) is 0.624. The van der Waals surface area contributed by atoms with E-state index >= 15 is 0 Å². The van der Waals surface area contributed by atoms with Gasteiger partial charge in [0.1, 0.15) is 0 Å². The highest BCUT2D eigenvalue weighted by Gasteiger charge is 2.25. The molecule has 2 aliphatic heterocycles. The van der Waals surface area contributed by atoms with Crippen molar-refractivity contribution in [1.29, 1.82) is 0 Å². The predicted molar refractivity (Wildman–Crippen MR) is 77.2 cm³/mol. The van der Waals surface area contributed by atoms with Gasteiger partial charge in [0.25, 0.3) is 0 Å². The van der Waals surface area contributed by atoms with Crippen LogP contribution in [0.25, 0.3) is 0 Å². The SMILES string of the molecule is Cl.OCCC1CSCCN1CC1CCNCC1. The Morgan fingerprint density at radius 1 is 1.29 bits per heavy atom. The highest BCUT2D eigenvalue weighted by molar-refractivity contribution is 7.99. The summed E-state index contributed by atoms with van der Waals surface area (Å²) in [4.78, 5) is 2.63. The highest BCUT2D eigenvalue weighted by Crippen LogP contribution is 2.22. The Hall–Kier alpha value is 0.520. The van der Waals surface area contributed by atoms with Crippen LogP contribution in [0.3, 0.4) is 0 Å². The summed E-state index contributed by atoms with van der Waals surface area (Å²) in [5.41, 5.74) is 0. The van der Waals surface area contributed by atoms with Crippen LogP contribution in [0.2, 0.25) is 0 Å². The molecule has 0 aliphatic carbocycles. The lowest BCUT2D eigenvalue weighted by molar-refractivity contribution is 0.141. The second kappa shape index (κ2) is 8.59. The third-order valence-corrected chi connectivity index (χ3v) is 4.85. The normalized spacial score (nSPS) is 27.7. The van der Waals surface area contributed by atoms with Crippen molar-refractivity contribution in [2.24, 2.45) is 5.92 Å². The molecule has 0 saturated carbocycles. The fourth-order valence-electron chi connectivity index (χ4n) is 2.74. The van der Waals surface area contributed by atoms with Crippen molar-refractivity contribution in [3.63, 3.8) is 0 Å². The van der Waals surface area contributed by atoms with E-state index in [1.165, 1.54) is 50.5 Å². The molecule has 0 amide bonds. The van der Waals surface area contributed by atoms with Crippen molar-refractivity contribution in [3.05, 3.63) is 0 Å². The van der Waals surface area contributed by atoms with Gasteiger partial charge in [-0.05, 0) is 38.3 Å². The molecule has 0 spiro atoms. The van der Waals surface area contributed by atoms with Gasteiger partial charge in [0, 0.05) is 37.2 Å². The van der Waals surface area contributed by atoms with Gasteiger partial charge in [-0.2, -0.15) is 11.8 Å². The molecule has 0 radical (unpaired) electrons. The number of aliphatic hydroxyl groups excluding tert-OH is 1. The lowest BCUT2D eigenvalue weighted by atomic mass is 9.96. The van der Waals surface area contributed by atoms with E-state index in [1.807, 2.05) is 11.8 Å². The average molecular weight is 281 g/mol. The maximum atomic E-state index is 9.10. The number of hydrogen-bond donors (Lipinski definition) is 2. The van der Waals surface area contributed by atoms with Crippen LogP contribution in [-0.4, -0.2) is 60.3 Å². The monoisotopic (exact) mass is 280 g/mol. The van der Waals surface area contributed by atoms with Crippen LogP contribution >= 0.6 is 24.2 Å². The number of nitrogens with one attached hydrogen (secondary N) is 1. The first-order valence-corrected chi connectivity index (χ1v) is 7.69. The maximum absolute atomic E-state index is 9.10. The Kier molecular flexibility index (Phi) is 7.87. The maximum Gasteiger partial charge on any atom is 0.0446 e. The van der Waals surface area contributed by atoms with Crippen LogP contribution in [0, 0.1) is 5.92 Å². The van der Waals surface area contributed by atoms with E-state index in [9.17, 15) is 0 Å². The molecule has 0 aromatic rings. The number of halogens is 1. The number of aliphatic hydroxyl groups is 1. The third kappa shape index (κ3) is 4.95. The Bertz CT molecular complexity index is 201. The Morgan fingerprint density at radius 2 is 2.06 bits per heavy atom. The largest absolute Gasteiger partial charge is 0.396 e. The smallest absolute Gasteiger partial charge is 0.0446 e. The van der Waals surface area contributed by atoms with Gasteiger partial charge in [-0.25, -0.2) is 0 Å². The minimum absolute atomic E-state index is 0. The van der Waals surface area contributed by atoms with E-state index in [2.05, 4.69) is 10.2 Å². The first kappa shape index (κ1) is 15.6. The standard InChI is InChI=1S/C12H24N2OS.ClH/c15-7-3-12-10-16-8-6-14(12)9-11-1-4-13-5-2-11;/h11-13,15H,1-10H2;1H. The van der Waals surface area contributed by atoms with Gasteiger partial charge in [-0.1, -0.05) is 0 Å². The van der Waals surface area contributed by atoms with E-state index in [1.54, 1.807) is 0 Å². The average Bonchev–Trinajstić information content (AvgIpc) is 2.33. The molecule has 2 aliphatic rings. The minimum Gasteiger partial charge on any atom is -0.396 e. The molecule has 2 N–H and O–H groups in total. The first-order chi connectivity index (χ1) is 7.90. The molecule has 17 heavy (non-hydrogen) atoms. The molecule has 1 unspecified atom stereocenters. The summed E-state index contributed by atoms with van der Waals surface area (Å²) in [6.45, 7) is 5.20. The van der Waals surface area contributed by atoms with Crippen LogP contribution in [0.5, 0.6) is 0 Å². The van der Waals surface area contributed by atoms with Crippen molar-refractivity contribution in [3.8, 4) is 0 Å². The van der Waals surface area contributed by atoms with Gasteiger partial charge in [-0.3, -0.25) is 4.90 Å². The molecular weight excluding hydrogens is 256 g/mol. The topological polar surface area (TPSA) is 35.5 Å².